The maximum atomic E-state index is 12.2. The van der Waals surface area contributed by atoms with Crippen molar-refractivity contribution in [1.82, 2.24) is 0 Å². The molecule has 2 aliphatic rings. The number of carbonyl (C=O) groups is 2. The Hall–Kier alpha value is -2.14. The number of hydrogen-bond donors (Lipinski definition) is 0. The Morgan fingerprint density at radius 3 is 2.71 bits per heavy atom. The number of benzene rings is 1. The molecule has 0 saturated carbocycles. The molecule has 110 valence electrons. The molecule has 1 atom stereocenters. The predicted octanol–water partition coefficient (Wildman–Crippen LogP) is 2.07. The van der Waals surface area contributed by atoms with E-state index in [1.54, 1.807) is 6.92 Å². The summed E-state index contributed by atoms with van der Waals surface area (Å²) in [5, 5.41) is 0. The van der Waals surface area contributed by atoms with Gasteiger partial charge in [-0.3, -0.25) is 0 Å². The van der Waals surface area contributed by atoms with Gasteiger partial charge in [0.15, 0.2) is 5.57 Å². The standard InChI is InChI=1S/C16H16O5/c1-2-19-14(17)12-13(11-7-4-3-5-8-11)16(21-15(12)18)9-6-10-20-16/h3-5,7-8H,2,6,9-10H2,1H3. The van der Waals surface area contributed by atoms with E-state index in [4.69, 9.17) is 14.2 Å². The zero-order valence-electron chi connectivity index (χ0n) is 11.8. The van der Waals surface area contributed by atoms with Gasteiger partial charge in [0.05, 0.1) is 18.8 Å². The molecular weight excluding hydrogens is 272 g/mol. The summed E-state index contributed by atoms with van der Waals surface area (Å²) < 4.78 is 16.1. The van der Waals surface area contributed by atoms with Crippen LogP contribution in [0.25, 0.3) is 5.57 Å². The zero-order chi connectivity index (χ0) is 14.9. The third kappa shape index (κ3) is 2.23. The Morgan fingerprint density at radius 2 is 2.10 bits per heavy atom. The summed E-state index contributed by atoms with van der Waals surface area (Å²) >= 11 is 0. The average molecular weight is 288 g/mol. The number of esters is 2. The fourth-order valence-corrected chi connectivity index (χ4v) is 2.79. The lowest BCUT2D eigenvalue weighted by atomic mass is 9.92. The molecule has 0 aromatic heterocycles. The quantitative estimate of drug-likeness (QED) is 0.629. The highest BCUT2D eigenvalue weighted by Gasteiger charge is 2.53. The van der Waals surface area contributed by atoms with Gasteiger partial charge in [-0.1, -0.05) is 30.3 Å². The van der Waals surface area contributed by atoms with Crippen LogP contribution in [0.2, 0.25) is 0 Å². The van der Waals surface area contributed by atoms with Crippen LogP contribution in [0.4, 0.5) is 0 Å². The topological polar surface area (TPSA) is 61.8 Å². The first-order valence-corrected chi connectivity index (χ1v) is 7.02. The second-order valence-corrected chi connectivity index (χ2v) is 4.93. The van der Waals surface area contributed by atoms with E-state index in [2.05, 4.69) is 0 Å². The normalized spacial score (nSPS) is 24.5. The molecule has 0 radical (unpaired) electrons. The Balaban J connectivity index is 2.15. The van der Waals surface area contributed by atoms with Gasteiger partial charge in [-0.2, -0.15) is 0 Å². The van der Waals surface area contributed by atoms with Gasteiger partial charge in [0.1, 0.15) is 0 Å². The molecule has 0 bridgehead atoms. The molecule has 5 nitrogen and oxygen atoms in total. The summed E-state index contributed by atoms with van der Waals surface area (Å²) in [6.07, 6.45) is 1.32. The molecule has 1 spiro atoms. The molecular formula is C16H16O5. The lowest BCUT2D eigenvalue weighted by Crippen LogP contribution is -2.30. The first kappa shape index (κ1) is 13.8. The van der Waals surface area contributed by atoms with E-state index in [-0.39, 0.29) is 12.2 Å². The second kappa shape index (κ2) is 5.33. The predicted molar refractivity (Wildman–Crippen MR) is 74.0 cm³/mol. The van der Waals surface area contributed by atoms with Gasteiger partial charge in [-0.25, -0.2) is 9.59 Å². The number of hydrogen-bond acceptors (Lipinski definition) is 5. The van der Waals surface area contributed by atoms with Gasteiger partial charge in [-0.15, -0.1) is 0 Å². The highest BCUT2D eigenvalue weighted by atomic mass is 16.7. The van der Waals surface area contributed by atoms with Gasteiger partial charge in [-0.05, 0) is 18.9 Å². The van der Waals surface area contributed by atoms with Crippen molar-refractivity contribution in [2.24, 2.45) is 0 Å². The third-order valence-corrected chi connectivity index (χ3v) is 3.62. The van der Waals surface area contributed by atoms with Gasteiger partial charge in [0.2, 0.25) is 5.79 Å². The summed E-state index contributed by atoms with van der Waals surface area (Å²) in [6.45, 7) is 2.40. The fourth-order valence-electron chi connectivity index (χ4n) is 2.79. The van der Waals surface area contributed by atoms with E-state index < -0.39 is 17.7 Å². The Labute approximate surface area is 122 Å². The molecule has 3 rings (SSSR count). The molecule has 1 aromatic rings. The molecule has 2 heterocycles. The smallest absolute Gasteiger partial charge is 0.348 e. The van der Waals surface area contributed by atoms with Gasteiger partial charge in [0, 0.05) is 6.42 Å². The summed E-state index contributed by atoms with van der Waals surface area (Å²) in [5.74, 6) is -2.47. The molecule has 1 aromatic carbocycles. The van der Waals surface area contributed by atoms with Crippen molar-refractivity contribution < 1.29 is 23.8 Å². The lowest BCUT2D eigenvalue weighted by Gasteiger charge is -2.25. The molecule has 0 aliphatic carbocycles. The van der Waals surface area contributed by atoms with Crippen LogP contribution in [0.1, 0.15) is 25.3 Å². The largest absolute Gasteiger partial charge is 0.462 e. The second-order valence-electron chi connectivity index (χ2n) is 4.93. The summed E-state index contributed by atoms with van der Waals surface area (Å²) in [5.41, 5.74) is 1.18. The minimum atomic E-state index is -1.14. The van der Waals surface area contributed by atoms with Gasteiger partial charge in [0.25, 0.3) is 0 Å². The van der Waals surface area contributed by atoms with E-state index >= 15 is 0 Å². The molecule has 1 saturated heterocycles. The first-order valence-electron chi connectivity index (χ1n) is 7.02. The highest BCUT2D eigenvalue weighted by molar-refractivity contribution is 6.23. The van der Waals surface area contributed by atoms with Crippen LogP contribution in [0.3, 0.4) is 0 Å². The van der Waals surface area contributed by atoms with E-state index in [1.165, 1.54) is 0 Å². The van der Waals surface area contributed by atoms with E-state index in [1.807, 2.05) is 30.3 Å². The molecule has 2 aliphatic heterocycles. The number of rotatable bonds is 3. The van der Waals surface area contributed by atoms with Gasteiger partial charge < -0.3 is 14.2 Å². The maximum absolute atomic E-state index is 12.2. The van der Waals surface area contributed by atoms with Crippen LogP contribution in [0.15, 0.2) is 35.9 Å². The molecule has 0 N–H and O–H groups in total. The minimum absolute atomic E-state index is 0.0510. The zero-order valence-corrected chi connectivity index (χ0v) is 11.8. The van der Waals surface area contributed by atoms with Crippen molar-refractivity contribution in [2.45, 2.75) is 25.6 Å². The SMILES string of the molecule is CCOC(=O)C1=C(c2ccccc2)C2(CCCO2)OC1=O. The Morgan fingerprint density at radius 1 is 1.33 bits per heavy atom. The van der Waals surface area contributed by atoms with Crippen LogP contribution < -0.4 is 0 Å². The molecule has 21 heavy (non-hydrogen) atoms. The molecule has 1 unspecified atom stereocenters. The van der Waals surface area contributed by atoms with Crippen LogP contribution >= 0.6 is 0 Å². The minimum Gasteiger partial charge on any atom is -0.462 e. The highest BCUT2D eigenvalue weighted by Crippen LogP contribution is 2.46. The summed E-state index contributed by atoms with van der Waals surface area (Å²) in [7, 11) is 0. The van der Waals surface area contributed by atoms with Crippen LogP contribution in [0.5, 0.6) is 0 Å². The maximum Gasteiger partial charge on any atom is 0.348 e. The van der Waals surface area contributed by atoms with E-state index in [9.17, 15) is 9.59 Å². The number of carbonyl (C=O) groups excluding carboxylic acids is 2. The van der Waals surface area contributed by atoms with E-state index in [0.29, 0.717) is 18.6 Å². The van der Waals surface area contributed by atoms with Gasteiger partial charge >= 0.3 is 11.9 Å². The van der Waals surface area contributed by atoms with Crippen LogP contribution in [-0.2, 0) is 23.8 Å². The monoisotopic (exact) mass is 288 g/mol. The first-order chi connectivity index (χ1) is 10.2. The van der Waals surface area contributed by atoms with Crippen molar-refractivity contribution in [3.8, 4) is 0 Å². The summed E-state index contributed by atoms with van der Waals surface area (Å²) in [4.78, 5) is 24.3. The van der Waals surface area contributed by atoms with Crippen LogP contribution in [-0.4, -0.2) is 30.9 Å². The van der Waals surface area contributed by atoms with Crippen molar-refractivity contribution in [3.05, 3.63) is 41.5 Å². The number of ether oxygens (including phenoxy) is 3. The Bertz CT molecular complexity index is 596. The van der Waals surface area contributed by atoms with Crippen molar-refractivity contribution >= 4 is 17.5 Å². The fraction of sp³-hybridized carbons (Fsp3) is 0.375. The molecule has 0 amide bonds. The van der Waals surface area contributed by atoms with E-state index in [0.717, 1.165) is 12.0 Å². The summed E-state index contributed by atoms with van der Waals surface area (Å²) in [6, 6.07) is 9.22. The average Bonchev–Trinajstić information content (AvgIpc) is 3.05. The Kier molecular flexibility index (Phi) is 3.51. The van der Waals surface area contributed by atoms with Crippen molar-refractivity contribution in [2.75, 3.05) is 13.2 Å². The van der Waals surface area contributed by atoms with Crippen molar-refractivity contribution in [3.63, 3.8) is 0 Å². The third-order valence-electron chi connectivity index (χ3n) is 3.62. The van der Waals surface area contributed by atoms with Crippen molar-refractivity contribution in [1.29, 1.82) is 0 Å². The van der Waals surface area contributed by atoms with Crippen LogP contribution in [0, 0.1) is 0 Å². The molecule has 1 fully saturated rings. The lowest BCUT2D eigenvalue weighted by molar-refractivity contribution is -0.179. The molecule has 5 heteroatoms.